The first-order chi connectivity index (χ1) is 20.2. The van der Waals surface area contributed by atoms with Gasteiger partial charge in [-0.1, -0.05) is 6.42 Å². The molecular formula is C32H43N7O3. The highest BCUT2D eigenvalue weighted by atomic mass is 16.5. The summed E-state index contributed by atoms with van der Waals surface area (Å²) >= 11 is 0. The average molecular weight is 574 g/mol. The van der Waals surface area contributed by atoms with Crippen molar-refractivity contribution >= 4 is 30.0 Å². The van der Waals surface area contributed by atoms with E-state index in [9.17, 15) is 9.59 Å². The molecule has 0 spiro atoms. The third-order valence-electron chi connectivity index (χ3n) is 8.51. The largest absolute Gasteiger partial charge is 0.359 e. The molecule has 10 nitrogen and oxygen atoms in total. The van der Waals surface area contributed by atoms with Gasteiger partial charge in [0.2, 0.25) is 11.9 Å². The van der Waals surface area contributed by atoms with Crippen molar-refractivity contribution in [3.05, 3.63) is 46.1 Å². The molecule has 0 bridgehead atoms. The van der Waals surface area contributed by atoms with Gasteiger partial charge in [-0.05, 0) is 103 Å². The van der Waals surface area contributed by atoms with Gasteiger partial charge in [-0.15, -0.1) is 0 Å². The lowest BCUT2D eigenvalue weighted by Crippen LogP contribution is -2.51. The van der Waals surface area contributed by atoms with Crippen LogP contribution in [0.15, 0.2) is 24.3 Å². The second-order valence-electron chi connectivity index (χ2n) is 12.2. The minimum atomic E-state index is -0.719. The number of carbonyl (C=O) groups is 2. The van der Waals surface area contributed by atoms with E-state index in [0.29, 0.717) is 23.7 Å². The Bertz CT molecular complexity index is 1430. The number of amides is 2. The molecule has 3 aliphatic rings. The molecule has 1 aromatic carbocycles. The van der Waals surface area contributed by atoms with Gasteiger partial charge >= 0.3 is 0 Å². The molecule has 3 heterocycles. The van der Waals surface area contributed by atoms with Crippen molar-refractivity contribution in [1.29, 1.82) is 5.26 Å². The Hall–Kier alpha value is -3.68. The van der Waals surface area contributed by atoms with E-state index in [1.807, 2.05) is 27.0 Å². The van der Waals surface area contributed by atoms with E-state index in [2.05, 4.69) is 37.6 Å². The molecule has 3 N–H and O–H groups in total. The Morgan fingerprint density at radius 2 is 1.86 bits per heavy atom. The molecule has 2 amide bonds. The Kier molecular flexibility index (Phi) is 9.29. The fraction of sp³-hybridized carbons (Fsp3) is 0.562. The summed E-state index contributed by atoms with van der Waals surface area (Å²) in [5.41, 5.74) is 0.229. The van der Waals surface area contributed by atoms with Crippen molar-refractivity contribution in [2.24, 2.45) is 5.92 Å². The van der Waals surface area contributed by atoms with E-state index in [-0.39, 0.29) is 29.8 Å². The second kappa shape index (κ2) is 13.1. The fourth-order valence-corrected chi connectivity index (χ4v) is 6.21. The Balaban J connectivity index is 1.39. The van der Waals surface area contributed by atoms with Crippen LogP contribution in [0.1, 0.15) is 87.7 Å². The number of nitriles is 1. The number of carbonyl (C=O) groups excluding carboxylic acids is 2. The maximum absolute atomic E-state index is 13.3. The molecule has 1 atom stereocenters. The molecule has 1 aromatic heterocycles. The van der Waals surface area contributed by atoms with E-state index >= 15 is 0 Å². The van der Waals surface area contributed by atoms with E-state index in [1.54, 1.807) is 24.3 Å². The zero-order chi connectivity index (χ0) is 29.7. The van der Waals surface area contributed by atoms with Gasteiger partial charge in [-0.2, -0.15) is 5.26 Å². The van der Waals surface area contributed by atoms with Gasteiger partial charge in [0.15, 0.2) is 5.72 Å². The monoisotopic (exact) mass is 573 g/mol. The zero-order valence-corrected chi connectivity index (χ0v) is 25.0. The van der Waals surface area contributed by atoms with Crippen LogP contribution in [0.5, 0.6) is 0 Å². The molecule has 2 aromatic rings. The lowest BCUT2D eigenvalue weighted by Gasteiger charge is -2.33. The first kappa shape index (κ1) is 29.8. The lowest BCUT2D eigenvalue weighted by atomic mass is 9.85. The maximum Gasteiger partial charge on any atom is 0.257 e. The molecule has 42 heavy (non-hydrogen) atoms. The second-order valence-corrected chi connectivity index (χ2v) is 12.2. The number of ether oxygens (including phenoxy) is 1. The van der Waals surface area contributed by atoms with Crippen molar-refractivity contribution in [2.45, 2.75) is 83.5 Å². The van der Waals surface area contributed by atoms with Crippen molar-refractivity contribution in [1.82, 2.24) is 25.1 Å². The zero-order valence-electron chi connectivity index (χ0n) is 25.0. The number of nitrogens with one attached hydrogen (secondary N) is 3. The Morgan fingerprint density at radius 3 is 2.52 bits per heavy atom. The lowest BCUT2D eigenvalue weighted by molar-refractivity contribution is -0.126. The van der Waals surface area contributed by atoms with Crippen LogP contribution in [0.25, 0.3) is 12.3 Å². The van der Waals surface area contributed by atoms with Crippen LogP contribution in [0, 0.1) is 17.2 Å². The number of aromatic nitrogens is 2. The predicted octanol–water partition coefficient (Wildman–Crippen LogP) is 2.60. The number of hydrogen-bond donors (Lipinski definition) is 3. The number of benzene rings is 1. The molecule has 224 valence electrons. The molecule has 0 radical (unpaired) electrons. The summed E-state index contributed by atoms with van der Waals surface area (Å²) in [7, 11) is 0. The van der Waals surface area contributed by atoms with E-state index < -0.39 is 5.72 Å². The third-order valence-corrected chi connectivity index (χ3v) is 8.51. The number of rotatable bonds is 9. The quantitative estimate of drug-likeness (QED) is 0.421. The number of piperidine rings is 1. The summed E-state index contributed by atoms with van der Waals surface area (Å²) in [6.07, 6.45) is 10.9. The number of likely N-dealkylation sites (tertiary alicyclic amines) is 1. The first-order valence-corrected chi connectivity index (χ1v) is 15.3. The molecule has 1 saturated heterocycles. The van der Waals surface area contributed by atoms with Gasteiger partial charge in [0, 0.05) is 36.3 Å². The number of hydrogen-bond acceptors (Lipinski definition) is 7. The summed E-state index contributed by atoms with van der Waals surface area (Å²) in [5.74, 6) is 0.280. The highest BCUT2D eigenvalue weighted by Gasteiger charge is 2.32. The molecule has 5 rings (SSSR count). The minimum absolute atomic E-state index is 0.0136. The summed E-state index contributed by atoms with van der Waals surface area (Å²) in [5, 5.41) is 20.2. The number of fused-ring (bicyclic) bond motifs is 1. The van der Waals surface area contributed by atoms with Crippen molar-refractivity contribution in [2.75, 3.05) is 31.6 Å². The van der Waals surface area contributed by atoms with Crippen LogP contribution < -0.4 is 26.6 Å². The van der Waals surface area contributed by atoms with Crippen LogP contribution in [0.2, 0.25) is 0 Å². The highest BCUT2D eigenvalue weighted by molar-refractivity contribution is 6.03. The summed E-state index contributed by atoms with van der Waals surface area (Å²) in [4.78, 5) is 33.2. The van der Waals surface area contributed by atoms with Crippen molar-refractivity contribution in [3.63, 3.8) is 0 Å². The third kappa shape index (κ3) is 7.02. The molecule has 2 aliphatic heterocycles. The van der Waals surface area contributed by atoms with Crippen molar-refractivity contribution < 1.29 is 14.3 Å². The maximum atomic E-state index is 13.3. The normalized spacial score (nSPS) is 24.0. The number of anilines is 1. The van der Waals surface area contributed by atoms with Crippen LogP contribution in [0.4, 0.5) is 5.95 Å². The van der Waals surface area contributed by atoms with Gasteiger partial charge < -0.3 is 24.8 Å². The Labute approximate surface area is 247 Å². The fourth-order valence-electron chi connectivity index (χ4n) is 6.21. The molecule has 2 fully saturated rings. The highest BCUT2D eigenvalue weighted by Crippen LogP contribution is 2.33. The van der Waals surface area contributed by atoms with Crippen LogP contribution in [-0.4, -0.2) is 64.3 Å². The standard InChI is InChI=1S/C32H43N7O3/c1-22(2)35-29(40)25-11-13-26(14-12-25)39-28-19-32(3,42-18-17-38-15-5-4-6-16-38)34-21-27(28)36-31(39)37-30(41)24-9-7-23(20-33)8-10-24/h7-10,19,21-22,25-26,34H,4-6,11-18H2,1-3H3,(H,35,40)(H,36,37,41). The summed E-state index contributed by atoms with van der Waals surface area (Å²) < 4.78 is 8.51. The first-order valence-electron chi connectivity index (χ1n) is 15.3. The SMILES string of the molecule is CC(C)NC(=O)C1CCC(n2c(NC(=O)c3ccc(C#N)cc3)nc3c2=CC(C)(OCCN2CCCCC2)NC=3)CC1. The van der Waals surface area contributed by atoms with Gasteiger partial charge in [0.25, 0.3) is 5.91 Å². The molecular weight excluding hydrogens is 530 g/mol. The smallest absolute Gasteiger partial charge is 0.257 e. The molecule has 1 saturated carbocycles. The molecule has 1 unspecified atom stereocenters. The van der Waals surface area contributed by atoms with E-state index in [0.717, 1.165) is 56.0 Å². The average Bonchev–Trinajstić information content (AvgIpc) is 3.33. The van der Waals surface area contributed by atoms with Gasteiger partial charge in [0.1, 0.15) is 5.35 Å². The van der Waals surface area contributed by atoms with Crippen LogP contribution in [0.3, 0.4) is 0 Å². The van der Waals surface area contributed by atoms with E-state index in [4.69, 9.17) is 15.0 Å². The van der Waals surface area contributed by atoms with Gasteiger partial charge in [0.05, 0.1) is 23.6 Å². The van der Waals surface area contributed by atoms with Crippen molar-refractivity contribution in [3.8, 4) is 6.07 Å². The summed E-state index contributed by atoms with van der Waals surface area (Å²) in [6, 6.07) is 8.83. The topological polar surface area (TPSA) is 124 Å². The van der Waals surface area contributed by atoms with E-state index in [1.165, 1.54) is 19.3 Å². The predicted molar refractivity (Wildman–Crippen MR) is 162 cm³/mol. The minimum Gasteiger partial charge on any atom is -0.359 e. The van der Waals surface area contributed by atoms with Crippen LogP contribution in [-0.2, 0) is 9.53 Å². The Morgan fingerprint density at radius 1 is 1.14 bits per heavy atom. The molecule has 1 aliphatic carbocycles. The van der Waals surface area contributed by atoms with Gasteiger partial charge in [-0.3, -0.25) is 14.9 Å². The summed E-state index contributed by atoms with van der Waals surface area (Å²) in [6.45, 7) is 9.73. The number of imidazole rings is 1. The molecule has 10 heteroatoms. The van der Waals surface area contributed by atoms with Crippen LogP contribution >= 0.6 is 0 Å². The number of nitrogens with zero attached hydrogens (tertiary/aromatic N) is 4. The van der Waals surface area contributed by atoms with Gasteiger partial charge in [-0.25, -0.2) is 4.98 Å².